The number of hydrogen-bond donors (Lipinski definition) is 0. The van der Waals surface area contributed by atoms with Crippen LogP contribution in [0.5, 0.6) is 0 Å². The molecule has 1 rings (SSSR count). The maximum atomic E-state index is 12.3. The van der Waals surface area contributed by atoms with Crippen molar-refractivity contribution in [1.82, 2.24) is 4.90 Å². The Kier molecular flexibility index (Phi) is 3.22. The zero-order valence-electron chi connectivity index (χ0n) is 8.06. The lowest BCUT2D eigenvalue weighted by atomic mass is 9.85. The molecule has 0 atom stereocenters. The zero-order chi connectivity index (χ0) is 10.1. The predicted molar refractivity (Wildman–Crippen MR) is 45.5 cm³/mol. The van der Waals surface area contributed by atoms with Gasteiger partial charge in [-0.1, -0.05) is 0 Å². The predicted octanol–water partition coefficient (Wildman–Crippen LogP) is 2.67. The first kappa shape index (κ1) is 10.8. The molecule has 0 saturated heterocycles. The summed E-state index contributed by atoms with van der Waals surface area (Å²) >= 11 is 0. The molecular formula is C9H16F3N. The smallest absolute Gasteiger partial charge is 0.306 e. The third kappa shape index (κ3) is 2.86. The number of hydrogen-bond acceptors (Lipinski definition) is 1. The van der Waals surface area contributed by atoms with Gasteiger partial charge >= 0.3 is 6.18 Å². The van der Waals surface area contributed by atoms with Crippen molar-refractivity contribution < 1.29 is 13.2 Å². The van der Waals surface area contributed by atoms with Gasteiger partial charge in [0.1, 0.15) is 0 Å². The quantitative estimate of drug-likeness (QED) is 0.621. The third-order valence-corrected chi connectivity index (χ3v) is 2.89. The zero-order valence-corrected chi connectivity index (χ0v) is 8.06. The molecule has 0 radical (unpaired) electrons. The Morgan fingerprint density at radius 1 is 1.00 bits per heavy atom. The molecule has 0 aromatic heterocycles. The number of nitrogens with zero attached hydrogens (tertiary/aromatic N) is 1. The van der Waals surface area contributed by atoms with Gasteiger partial charge in [0.15, 0.2) is 0 Å². The molecule has 4 heteroatoms. The summed E-state index contributed by atoms with van der Waals surface area (Å²) in [5.74, 6) is -1.05. The molecular weight excluding hydrogens is 179 g/mol. The van der Waals surface area contributed by atoms with Crippen LogP contribution in [0.1, 0.15) is 25.7 Å². The van der Waals surface area contributed by atoms with Gasteiger partial charge in [-0.15, -0.1) is 0 Å². The molecule has 0 aliphatic heterocycles. The van der Waals surface area contributed by atoms with Crippen LogP contribution in [0.2, 0.25) is 0 Å². The fourth-order valence-corrected chi connectivity index (χ4v) is 1.92. The van der Waals surface area contributed by atoms with Crippen molar-refractivity contribution in [3.63, 3.8) is 0 Å². The molecule has 1 aliphatic carbocycles. The van der Waals surface area contributed by atoms with Gasteiger partial charge in [-0.3, -0.25) is 0 Å². The minimum Gasteiger partial charge on any atom is -0.306 e. The minimum absolute atomic E-state index is 0.298. The highest BCUT2D eigenvalue weighted by Crippen LogP contribution is 2.38. The van der Waals surface area contributed by atoms with Crippen molar-refractivity contribution in [3.05, 3.63) is 0 Å². The second kappa shape index (κ2) is 3.86. The summed E-state index contributed by atoms with van der Waals surface area (Å²) in [6.07, 6.45) is -2.02. The van der Waals surface area contributed by atoms with E-state index in [0.29, 0.717) is 31.7 Å². The molecule has 0 N–H and O–H groups in total. The van der Waals surface area contributed by atoms with E-state index in [-0.39, 0.29) is 0 Å². The summed E-state index contributed by atoms with van der Waals surface area (Å²) in [7, 11) is 3.86. The second-order valence-corrected chi connectivity index (χ2v) is 4.01. The minimum atomic E-state index is -3.97. The topological polar surface area (TPSA) is 3.24 Å². The summed E-state index contributed by atoms with van der Waals surface area (Å²) in [5.41, 5.74) is 0. The summed E-state index contributed by atoms with van der Waals surface area (Å²) in [6, 6.07) is 0.346. The average Bonchev–Trinajstić information content (AvgIpc) is 2.03. The van der Waals surface area contributed by atoms with Crippen LogP contribution in [0, 0.1) is 5.92 Å². The van der Waals surface area contributed by atoms with E-state index in [2.05, 4.69) is 0 Å². The van der Waals surface area contributed by atoms with E-state index in [4.69, 9.17) is 0 Å². The van der Waals surface area contributed by atoms with Crippen molar-refractivity contribution in [2.75, 3.05) is 14.1 Å². The van der Waals surface area contributed by atoms with Crippen LogP contribution in [0.4, 0.5) is 13.2 Å². The van der Waals surface area contributed by atoms with Gasteiger partial charge in [-0.05, 0) is 39.8 Å². The highest BCUT2D eigenvalue weighted by atomic mass is 19.4. The maximum absolute atomic E-state index is 12.3. The van der Waals surface area contributed by atoms with E-state index in [0.717, 1.165) is 0 Å². The van der Waals surface area contributed by atoms with Gasteiger partial charge in [0.05, 0.1) is 5.92 Å². The van der Waals surface area contributed by atoms with E-state index >= 15 is 0 Å². The fourth-order valence-electron chi connectivity index (χ4n) is 1.92. The molecule has 78 valence electrons. The number of rotatable bonds is 1. The van der Waals surface area contributed by atoms with Crippen LogP contribution >= 0.6 is 0 Å². The molecule has 0 aromatic rings. The van der Waals surface area contributed by atoms with Crippen LogP contribution in [-0.2, 0) is 0 Å². The first-order valence-corrected chi connectivity index (χ1v) is 4.64. The van der Waals surface area contributed by atoms with E-state index in [9.17, 15) is 13.2 Å². The maximum Gasteiger partial charge on any atom is 0.391 e. The Labute approximate surface area is 76.9 Å². The molecule has 13 heavy (non-hydrogen) atoms. The summed E-state index contributed by atoms with van der Waals surface area (Å²) in [5, 5.41) is 0. The molecule has 0 bridgehead atoms. The Morgan fingerprint density at radius 2 is 1.46 bits per heavy atom. The standard InChI is InChI=1S/C9H16F3N/c1-13(2)8-5-3-7(4-6-8)9(10,11)12/h7-8H,3-6H2,1-2H3/t7-,8-. The highest BCUT2D eigenvalue weighted by molar-refractivity contribution is 4.80. The lowest BCUT2D eigenvalue weighted by Crippen LogP contribution is -2.36. The molecule has 0 aromatic carbocycles. The van der Waals surface area contributed by atoms with Crippen LogP contribution in [0.3, 0.4) is 0 Å². The molecule has 1 saturated carbocycles. The van der Waals surface area contributed by atoms with Crippen LogP contribution in [-0.4, -0.2) is 31.2 Å². The molecule has 1 nitrogen and oxygen atoms in total. The third-order valence-electron chi connectivity index (χ3n) is 2.89. The first-order valence-electron chi connectivity index (χ1n) is 4.64. The van der Waals surface area contributed by atoms with Gasteiger partial charge < -0.3 is 4.90 Å². The lowest BCUT2D eigenvalue weighted by Gasteiger charge is -2.33. The summed E-state index contributed by atoms with van der Waals surface area (Å²) in [4.78, 5) is 2.02. The van der Waals surface area contributed by atoms with Crippen LogP contribution < -0.4 is 0 Å². The largest absolute Gasteiger partial charge is 0.391 e. The van der Waals surface area contributed by atoms with Crippen molar-refractivity contribution >= 4 is 0 Å². The molecule has 0 amide bonds. The van der Waals surface area contributed by atoms with Gasteiger partial charge in [0, 0.05) is 6.04 Å². The summed E-state index contributed by atoms with van der Waals surface area (Å²) in [6.45, 7) is 0. The van der Waals surface area contributed by atoms with Gasteiger partial charge in [-0.25, -0.2) is 0 Å². The molecule has 0 heterocycles. The van der Waals surface area contributed by atoms with E-state index < -0.39 is 12.1 Å². The SMILES string of the molecule is CN(C)[C@H]1CC[C@H](C(F)(F)F)CC1. The Balaban J connectivity index is 2.39. The van der Waals surface area contributed by atoms with E-state index in [1.807, 2.05) is 19.0 Å². The highest BCUT2D eigenvalue weighted by Gasteiger charge is 2.41. The Morgan fingerprint density at radius 3 is 1.77 bits per heavy atom. The molecule has 0 spiro atoms. The number of alkyl halides is 3. The van der Waals surface area contributed by atoms with Crippen molar-refractivity contribution in [1.29, 1.82) is 0 Å². The molecule has 1 aliphatic rings. The van der Waals surface area contributed by atoms with Gasteiger partial charge in [0.25, 0.3) is 0 Å². The Bertz CT molecular complexity index is 157. The van der Waals surface area contributed by atoms with Crippen molar-refractivity contribution in [2.24, 2.45) is 5.92 Å². The van der Waals surface area contributed by atoms with Gasteiger partial charge in [0.2, 0.25) is 0 Å². The molecule has 1 fully saturated rings. The van der Waals surface area contributed by atoms with E-state index in [1.54, 1.807) is 0 Å². The first-order chi connectivity index (χ1) is 5.91. The van der Waals surface area contributed by atoms with Gasteiger partial charge in [-0.2, -0.15) is 13.2 Å². The molecule has 0 unspecified atom stereocenters. The monoisotopic (exact) mass is 195 g/mol. The second-order valence-electron chi connectivity index (χ2n) is 4.01. The summed E-state index contributed by atoms with van der Waals surface area (Å²) < 4.78 is 36.8. The fraction of sp³-hybridized carbons (Fsp3) is 1.00. The normalized spacial score (nSPS) is 30.9. The lowest BCUT2D eigenvalue weighted by molar-refractivity contribution is -0.184. The average molecular weight is 195 g/mol. The number of halogens is 3. The van der Waals surface area contributed by atoms with Crippen molar-refractivity contribution in [3.8, 4) is 0 Å². The van der Waals surface area contributed by atoms with Crippen molar-refractivity contribution in [2.45, 2.75) is 37.9 Å². The Hall–Kier alpha value is -0.250. The van der Waals surface area contributed by atoms with E-state index in [1.165, 1.54) is 0 Å². The van der Waals surface area contributed by atoms with Crippen LogP contribution in [0.15, 0.2) is 0 Å². The van der Waals surface area contributed by atoms with Crippen LogP contribution in [0.25, 0.3) is 0 Å².